The van der Waals surface area contributed by atoms with Crippen LogP contribution >= 0.6 is 11.6 Å². The molecule has 0 aromatic heterocycles. The van der Waals surface area contributed by atoms with E-state index in [-0.39, 0.29) is 12.8 Å². The first-order valence-electron chi connectivity index (χ1n) is 5.57. The molecule has 5 nitrogen and oxygen atoms in total. The lowest BCUT2D eigenvalue weighted by atomic mass is 9.95. The first-order chi connectivity index (χ1) is 8.89. The molecule has 1 rings (SSSR count). The molecular formula is C13H13ClN2O3. The third kappa shape index (κ3) is 3.97. The minimum absolute atomic E-state index is 0.0398. The van der Waals surface area contributed by atoms with Gasteiger partial charge in [-0.05, 0) is 37.6 Å². The number of carbonyl (C=O) groups is 2. The average molecular weight is 281 g/mol. The van der Waals surface area contributed by atoms with E-state index in [1.807, 2.05) is 6.07 Å². The van der Waals surface area contributed by atoms with Crippen LogP contribution in [-0.4, -0.2) is 22.5 Å². The average Bonchev–Trinajstić information content (AvgIpc) is 2.36. The Hall–Kier alpha value is -2.06. The molecule has 0 heterocycles. The number of rotatable bonds is 5. The Kier molecular flexibility index (Phi) is 4.90. The zero-order valence-electron chi connectivity index (χ0n) is 10.3. The van der Waals surface area contributed by atoms with Crippen molar-refractivity contribution in [3.05, 3.63) is 34.9 Å². The molecule has 2 N–H and O–H groups in total. The van der Waals surface area contributed by atoms with Crippen LogP contribution in [0.1, 0.15) is 30.1 Å². The second kappa shape index (κ2) is 6.21. The van der Waals surface area contributed by atoms with Crippen molar-refractivity contribution < 1.29 is 14.7 Å². The predicted octanol–water partition coefficient (Wildman–Crippen LogP) is 2.22. The standard InChI is InChI=1S/C13H13ClN2O3/c1-13(12(18)19,7-2-8-15)16-11(17)9-3-5-10(14)6-4-9/h3-6H,2,7H2,1H3,(H,16,17)(H,18,19). The van der Waals surface area contributed by atoms with Crippen molar-refractivity contribution in [2.24, 2.45) is 0 Å². The number of nitrogens with one attached hydrogen (secondary N) is 1. The molecule has 1 atom stereocenters. The van der Waals surface area contributed by atoms with Gasteiger partial charge in [-0.2, -0.15) is 5.26 Å². The lowest BCUT2D eigenvalue weighted by Crippen LogP contribution is -2.52. The van der Waals surface area contributed by atoms with Crippen LogP contribution < -0.4 is 5.32 Å². The lowest BCUT2D eigenvalue weighted by molar-refractivity contribution is -0.144. The summed E-state index contributed by atoms with van der Waals surface area (Å²) in [6.45, 7) is 1.38. The zero-order valence-corrected chi connectivity index (χ0v) is 11.1. The van der Waals surface area contributed by atoms with Crippen molar-refractivity contribution in [3.63, 3.8) is 0 Å². The van der Waals surface area contributed by atoms with Gasteiger partial charge in [0.15, 0.2) is 0 Å². The fraction of sp³-hybridized carbons (Fsp3) is 0.308. The quantitative estimate of drug-likeness (QED) is 0.865. The van der Waals surface area contributed by atoms with E-state index < -0.39 is 17.4 Å². The van der Waals surface area contributed by atoms with Crippen LogP contribution in [0.5, 0.6) is 0 Å². The van der Waals surface area contributed by atoms with Gasteiger partial charge < -0.3 is 10.4 Å². The van der Waals surface area contributed by atoms with Crippen molar-refractivity contribution in [3.8, 4) is 6.07 Å². The molecule has 0 saturated carbocycles. The minimum atomic E-state index is -1.47. The molecule has 0 aliphatic carbocycles. The van der Waals surface area contributed by atoms with Crippen LogP contribution in [0.3, 0.4) is 0 Å². The van der Waals surface area contributed by atoms with Gasteiger partial charge in [0.25, 0.3) is 5.91 Å². The smallest absolute Gasteiger partial charge is 0.329 e. The van der Waals surface area contributed by atoms with Gasteiger partial charge in [0.1, 0.15) is 5.54 Å². The summed E-state index contributed by atoms with van der Waals surface area (Å²) in [5.74, 6) is -1.69. The largest absolute Gasteiger partial charge is 0.480 e. The molecule has 0 radical (unpaired) electrons. The molecule has 1 amide bonds. The topological polar surface area (TPSA) is 90.2 Å². The summed E-state index contributed by atoms with van der Waals surface area (Å²) in [6, 6.07) is 7.97. The number of nitriles is 1. The van der Waals surface area contributed by atoms with E-state index in [1.165, 1.54) is 19.1 Å². The van der Waals surface area contributed by atoms with Gasteiger partial charge in [0.2, 0.25) is 0 Å². The van der Waals surface area contributed by atoms with Gasteiger partial charge in [-0.15, -0.1) is 0 Å². The maximum Gasteiger partial charge on any atom is 0.329 e. The summed E-state index contributed by atoms with van der Waals surface area (Å²) in [4.78, 5) is 23.1. The number of nitrogens with zero attached hydrogens (tertiary/aromatic N) is 1. The first kappa shape index (κ1) is 15.0. The van der Waals surface area contributed by atoms with Crippen molar-refractivity contribution in [1.29, 1.82) is 5.26 Å². The van der Waals surface area contributed by atoms with E-state index in [2.05, 4.69) is 5.32 Å². The molecule has 0 spiro atoms. The van der Waals surface area contributed by atoms with Crippen molar-refractivity contribution >= 4 is 23.5 Å². The Morgan fingerprint density at radius 3 is 2.47 bits per heavy atom. The molecule has 1 aromatic rings. The number of aliphatic carboxylic acids is 1. The molecule has 0 aliphatic heterocycles. The molecule has 0 aliphatic rings. The molecule has 0 bridgehead atoms. The normalized spacial score (nSPS) is 13.1. The van der Waals surface area contributed by atoms with Gasteiger partial charge in [-0.3, -0.25) is 4.79 Å². The summed E-state index contributed by atoms with van der Waals surface area (Å²) in [5.41, 5.74) is -1.15. The Bertz CT molecular complexity index is 522. The van der Waals surface area contributed by atoms with Crippen molar-refractivity contribution in [2.45, 2.75) is 25.3 Å². The SMILES string of the molecule is CC(CCC#N)(NC(=O)c1ccc(Cl)cc1)C(=O)O. The third-order valence-corrected chi connectivity index (χ3v) is 2.96. The van der Waals surface area contributed by atoms with Crippen LogP contribution in [0.25, 0.3) is 0 Å². The number of amides is 1. The van der Waals surface area contributed by atoms with Gasteiger partial charge in [-0.1, -0.05) is 11.6 Å². The number of carboxylic acid groups (broad SMARTS) is 1. The molecule has 19 heavy (non-hydrogen) atoms. The second-order valence-corrected chi connectivity index (χ2v) is 4.69. The fourth-order valence-electron chi connectivity index (χ4n) is 1.45. The van der Waals surface area contributed by atoms with E-state index in [0.717, 1.165) is 0 Å². The van der Waals surface area contributed by atoms with Crippen LogP contribution in [0, 0.1) is 11.3 Å². The number of carbonyl (C=O) groups excluding carboxylic acids is 1. The number of halogens is 1. The molecule has 1 unspecified atom stereocenters. The molecular weight excluding hydrogens is 268 g/mol. The monoisotopic (exact) mass is 280 g/mol. The summed E-state index contributed by atoms with van der Waals surface area (Å²) in [7, 11) is 0. The number of hydrogen-bond donors (Lipinski definition) is 2. The number of carboxylic acids is 1. The molecule has 100 valence electrons. The third-order valence-electron chi connectivity index (χ3n) is 2.70. The Balaban J connectivity index is 2.85. The summed E-state index contributed by atoms with van der Waals surface area (Å²) < 4.78 is 0. The van der Waals surface area contributed by atoms with E-state index in [9.17, 15) is 9.59 Å². The molecule has 1 aromatic carbocycles. The van der Waals surface area contributed by atoms with Crippen molar-refractivity contribution in [2.75, 3.05) is 0 Å². The summed E-state index contributed by atoms with van der Waals surface area (Å²) in [6.07, 6.45) is 0.0852. The van der Waals surface area contributed by atoms with E-state index in [4.69, 9.17) is 22.0 Å². The lowest BCUT2D eigenvalue weighted by Gasteiger charge is -2.25. The first-order valence-corrected chi connectivity index (χ1v) is 5.95. The Morgan fingerprint density at radius 1 is 1.42 bits per heavy atom. The van der Waals surface area contributed by atoms with E-state index in [1.54, 1.807) is 12.1 Å². The molecule has 0 fully saturated rings. The Labute approximate surface area is 115 Å². The minimum Gasteiger partial charge on any atom is -0.480 e. The molecule has 0 saturated heterocycles. The maximum atomic E-state index is 11.9. The van der Waals surface area contributed by atoms with Crippen LogP contribution in [0.15, 0.2) is 24.3 Å². The van der Waals surface area contributed by atoms with E-state index >= 15 is 0 Å². The van der Waals surface area contributed by atoms with Gasteiger partial charge in [-0.25, -0.2) is 4.79 Å². The highest BCUT2D eigenvalue weighted by Crippen LogP contribution is 2.15. The van der Waals surface area contributed by atoms with Crippen molar-refractivity contribution in [1.82, 2.24) is 5.32 Å². The highest BCUT2D eigenvalue weighted by Gasteiger charge is 2.34. The van der Waals surface area contributed by atoms with Crippen LogP contribution in [-0.2, 0) is 4.79 Å². The molecule has 6 heteroatoms. The summed E-state index contributed by atoms with van der Waals surface area (Å²) >= 11 is 5.71. The highest BCUT2D eigenvalue weighted by atomic mass is 35.5. The highest BCUT2D eigenvalue weighted by molar-refractivity contribution is 6.30. The van der Waals surface area contributed by atoms with Gasteiger partial charge >= 0.3 is 5.97 Å². The van der Waals surface area contributed by atoms with Gasteiger partial charge in [0.05, 0.1) is 6.07 Å². The predicted molar refractivity (Wildman–Crippen MR) is 69.8 cm³/mol. The van der Waals surface area contributed by atoms with Crippen LogP contribution in [0.2, 0.25) is 5.02 Å². The zero-order chi connectivity index (χ0) is 14.5. The fourth-order valence-corrected chi connectivity index (χ4v) is 1.58. The maximum absolute atomic E-state index is 11.9. The Morgan fingerprint density at radius 2 is 2.00 bits per heavy atom. The van der Waals surface area contributed by atoms with Gasteiger partial charge in [0, 0.05) is 17.0 Å². The second-order valence-electron chi connectivity index (χ2n) is 4.26. The van der Waals surface area contributed by atoms with Crippen LogP contribution in [0.4, 0.5) is 0 Å². The number of hydrogen-bond acceptors (Lipinski definition) is 3. The summed E-state index contributed by atoms with van der Waals surface area (Å²) in [5, 5.41) is 20.6. The number of benzene rings is 1. The van der Waals surface area contributed by atoms with E-state index in [0.29, 0.717) is 10.6 Å².